The first kappa shape index (κ1) is 38.9. The number of likely N-dealkylation sites (tertiary alicyclic amines) is 2. The van der Waals surface area contributed by atoms with Crippen LogP contribution in [0.5, 0.6) is 0 Å². The minimum atomic E-state index is -4.65. The standard InChI is InChI=1S/C20H18ClN5O.C20H15F4N5O/c1-13-2-4-17(21)16(10-13)15-6-8-25(9-7-15)20(27)19-24-23-18-5-3-14(11-22)12-26(18)19;21-15-3-1-2-14(20(22,23)24)17(15)13-6-8-28(9-7-13)19(30)18-27-26-16-5-4-12(10-25)11-29(16)18/h2-5,10,12,15H,6-9H2,1H3;1-5,11,13H,6-9H2. The fourth-order valence-electron chi connectivity index (χ4n) is 7.43. The Balaban J connectivity index is 0.000000175. The number of hydrogen-bond donors (Lipinski definition) is 0. The van der Waals surface area contributed by atoms with E-state index in [1.165, 1.54) is 21.1 Å². The van der Waals surface area contributed by atoms with Crippen molar-refractivity contribution in [2.75, 3.05) is 26.2 Å². The maximum atomic E-state index is 14.3. The Bertz CT molecular complexity index is 2580. The molecule has 0 bridgehead atoms. The van der Waals surface area contributed by atoms with Gasteiger partial charge in [0, 0.05) is 49.2 Å². The molecule has 2 aliphatic rings. The second-order valence-electron chi connectivity index (χ2n) is 13.9. The van der Waals surface area contributed by atoms with Crippen LogP contribution in [0.2, 0.25) is 5.02 Å². The summed E-state index contributed by atoms with van der Waals surface area (Å²) >= 11 is 6.38. The summed E-state index contributed by atoms with van der Waals surface area (Å²) in [5, 5.41) is 34.8. The second kappa shape index (κ2) is 16.0. The number of aromatic nitrogens is 6. The molecule has 290 valence electrons. The molecule has 0 atom stereocenters. The molecule has 2 aliphatic heterocycles. The van der Waals surface area contributed by atoms with E-state index in [2.05, 4.69) is 39.5 Å². The van der Waals surface area contributed by atoms with Crippen molar-refractivity contribution < 1.29 is 27.2 Å². The first-order valence-corrected chi connectivity index (χ1v) is 18.4. The smallest absolute Gasteiger partial charge is 0.336 e. The highest BCUT2D eigenvalue weighted by molar-refractivity contribution is 6.31. The van der Waals surface area contributed by atoms with Gasteiger partial charge in [-0.3, -0.25) is 18.4 Å². The lowest BCUT2D eigenvalue weighted by atomic mass is 9.85. The van der Waals surface area contributed by atoms with Crippen LogP contribution >= 0.6 is 11.6 Å². The third kappa shape index (κ3) is 7.99. The Morgan fingerprint density at radius 3 is 1.74 bits per heavy atom. The van der Waals surface area contributed by atoms with Gasteiger partial charge in [-0.25, -0.2) is 4.39 Å². The molecule has 0 aliphatic carbocycles. The lowest BCUT2D eigenvalue weighted by molar-refractivity contribution is -0.138. The number of aryl methyl sites for hydroxylation is 1. The topological polar surface area (TPSA) is 149 Å². The van der Waals surface area contributed by atoms with Gasteiger partial charge < -0.3 is 9.80 Å². The highest BCUT2D eigenvalue weighted by Gasteiger charge is 2.38. The summed E-state index contributed by atoms with van der Waals surface area (Å²) in [4.78, 5) is 29.1. The number of pyridine rings is 2. The van der Waals surface area contributed by atoms with E-state index < -0.39 is 29.4 Å². The number of piperidine rings is 2. The average Bonchev–Trinajstić information content (AvgIpc) is 3.85. The van der Waals surface area contributed by atoms with E-state index in [4.69, 9.17) is 22.1 Å². The zero-order valence-corrected chi connectivity index (χ0v) is 31.2. The van der Waals surface area contributed by atoms with Crippen LogP contribution in [0.15, 0.2) is 73.1 Å². The van der Waals surface area contributed by atoms with Crippen molar-refractivity contribution in [3.05, 3.63) is 129 Å². The highest BCUT2D eigenvalue weighted by atomic mass is 35.5. The molecule has 2 fully saturated rings. The van der Waals surface area contributed by atoms with Gasteiger partial charge in [0.1, 0.15) is 18.0 Å². The van der Waals surface area contributed by atoms with Gasteiger partial charge in [-0.15, -0.1) is 20.4 Å². The summed E-state index contributed by atoms with van der Waals surface area (Å²) in [5.74, 6) is -1.53. The van der Waals surface area contributed by atoms with E-state index in [1.807, 2.05) is 18.2 Å². The monoisotopic (exact) mass is 796 g/mol. The summed E-state index contributed by atoms with van der Waals surface area (Å²) < 4.78 is 57.2. The minimum absolute atomic E-state index is 0.0161. The number of fused-ring (bicyclic) bond motifs is 2. The van der Waals surface area contributed by atoms with Crippen LogP contribution in [-0.2, 0) is 6.18 Å². The van der Waals surface area contributed by atoms with Crippen molar-refractivity contribution in [2.24, 2.45) is 0 Å². The maximum absolute atomic E-state index is 14.3. The quantitative estimate of drug-likeness (QED) is 0.168. The van der Waals surface area contributed by atoms with Crippen molar-refractivity contribution >= 4 is 34.7 Å². The number of rotatable bonds is 4. The molecule has 6 heterocycles. The van der Waals surface area contributed by atoms with Crippen molar-refractivity contribution in [2.45, 2.75) is 50.6 Å². The van der Waals surface area contributed by atoms with E-state index >= 15 is 0 Å². The van der Waals surface area contributed by atoms with Crippen molar-refractivity contribution in [3.63, 3.8) is 0 Å². The lowest BCUT2D eigenvalue weighted by Crippen LogP contribution is -2.39. The molecule has 0 saturated carbocycles. The first-order valence-electron chi connectivity index (χ1n) is 18.1. The number of benzene rings is 2. The third-order valence-corrected chi connectivity index (χ3v) is 10.7. The lowest BCUT2D eigenvalue weighted by Gasteiger charge is -2.33. The van der Waals surface area contributed by atoms with Crippen LogP contribution in [-0.4, -0.2) is 77.0 Å². The van der Waals surface area contributed by atoms with E-state index in [0.29, 0.717) is 41.4 Å². The maximum Gasteiger partial charge on any atom is 0.416 e. The fourth-order valence-corrected chi connectivity index (χ4v) is 7.70. The average molecular weight is 797 g/mol. The molecule has 2 aromatic carbocycles. The van der Waals surface area contributed by atoms with Gasteiger partial charge in [-0.05, 0) is 92.5 Å². The largest absolute Gasteiger partial charge is 0.416 e. The van der Waals surface area contributed by atoms with Crippen LogP contribution in [0.1, 0.15) is 92.1 Å². The molecule has 0 radical (unpaired) electrons. The Morgan fingerprint density at radius 1 is 0.737 bits per heavy atom. The molecule has 0 N–H and O–H groups in total. The molecular weight excluding hydrogens is 764 g/mol. The molecule has 2 saturated heterocycles. The van der Waals surface area contributed by atoms with E-state index in [-0.39, 0.29) is 49.1 Å². The molecule has 57 heavy (non-hydrogen) atoms. The number of alkyl halides is 3. The molecule has 4 aromatic heterocycles. The third-order valence-electron chi connectivity index (χ3n) is 10.4. The van der Waals surface area contributed by atoms with Gasteiger partial charge in [-0.1, -0.05) is 35.4 Å². The Hall–Kier alpha value is -6.39. The Kier molecular flexibility index (Phi) is 10.9. The molecule has 12 nitrogen and oxygen atoms in total. The Labute approximate surface area is 328 Å². The SMILES string of the molecule is Cc1ccc(Cl)c(C2CCN(C(=O)c3nnc4ccc(C#N)cn34)CC2)c1.N#Cc1ccc2nnc(C(=O)N3CCC(c4c(F)cccc4C(F)(F)F)CC3)n2c1. The normalized spacial score (nSPS) is 15.2. The van der Waals surface area contributed by atoms with Crippen LogP contribution in [0.4, 0.5) is 17.6 Å². The van der Waals surface area contributed by atoms with Crippen LogP contribution < -0.4 is 0 Å². The van der Waals surface area contributed by atoms with Crippen molar-refractivity contribution in [3.8, 4) is 12.1 Å². The number of amides is 2. The van der Waals surface area contributed by atoms with Crippen LogP contribution in [0.25, 0.3) is 11.3 Å². The van der Waals surface area contributed by atoms with E-state index in [1.54, 1.807) is 39.8 Å². The highest BCUT2D eigenvalue weighted by Crippen LogP contribution is 2.40. The molecule has 6 aromatic rings. The number of nitriles is 2. The van der Waals surface area contributed by atoms with Gasteiger partial charge in [0.2, 0.25) is 11.6 Å². The summed E-state index contributed by atoms with van der Waals surface area (Å²) in [6, 6.07) is 19.6. The van der Waals surface area contributed by atoms with Gasteiger partial charge in [0.15, 0.2) is 11.3 Å². The van der Waals surface area contributed by atoms with Crippen LogP contribution in [0.3, 0.4) is 0 Å². The molecule has 17 heteroatoms. The summed E-state index contributed by atoms with van der Waals surface area (Å²) in [7, 11) is 0. The van der Waals surface area contributed by atoms with E-state index in [0.717, 1.165) is 41.6 Å². The van der Waals surface area contributed by atoms with Crippen LogP contribution in [0, 0.1) is 35.4 Å². The molecule has 8 rings (SSSR count). The van der Waals surface area contributed by atoms with Crippen molar-refractivity contribution in [1.29, 1.82) is 10.5 Å². The first-order chi connectivity index (χ1) is 27.4. The van der Waals surface area contributed by atoms with Gasteiger partial charge in [0.25, 0.3) is 11.8 Å². The summed E-state index contributed by atoms with van der Waals surface area (Å²) in [5.41, 5.74) is 2.78. The molecular formula is C40H33ClF4N10O2. The summed E-state index contributed by atoms with van der Waals surface area (Å²) in [6.07, 6.45) is 0.492. The molecule has 2 amide bonds. The van der Waals surface area contributed by atoms with E-state index in [9.17, 15) is 27.2 Å². The predicted molar refractivity (Wildman–Crippen MR) is 199 cm³/mol. The predicted octanol–water partition coefficient (Wildman–Crippen LogP) is 7.36. The zero-order valence-electron chi connectivity index (χ0n) is 30.4. The fraction of sp³-hybridized carbons (Fsp3) is 0.300. The number of carbonyl (C=O) groups is 2. The van der Waals surface area contributed by atoms with Gasteiger partial charge in [0.05, 0.1) is 16.7 Å². The number of carbonyl (C=O) groups excluding carboxylic acids is 2. The second-order valence-corrected chi connectivity index (χ2v) is 14.3. The number of halogens is 5. The van der Waals surface area contributed by atoms with Crippen molar-refractivity contribution in [1.82, 2.24) is 39.0 Å². The Morgan fingerprint density at radius 2 is 1.25 bits per heavy atom. The number of hydrogen-bond acceptors (Lipinski definition) is 8. The van der Waals surface area contributed by atoms with Gasteiger partial charge >= 0.3 is 6.18 Å². The molecule has 0 unspecified atom stereocenters. The minimum Gasteiger partial charge on any atom is -0.336 e. The molecule has 0 spiro atoms. The zero-order chi connectivity index (χ0) is 40.4. The summed E-state index contributed by atoms with van der Waals surface area (Å²) in [6.45, 7) is 3.65. The number of nitrogens with zero attached hydrogens (tertiary/aromatic N) is 10. The van der Waals surface area contributed by atoms with Gasteiger partial charge in [-0.2, -0.15) is 23.7 Å².